The van der Waals surface area contributed by atoms with Crippen LogP contribution >= 0.6 is 0 Å². The van der Waals surface area contributed by atoms with Crippen molar-refractivity contribution in [1.29, 1.82) is 0 Å². The minimum absolute atomic E-state index is 0. The Kier molecular flexibility index (Phi) is 4.42. The van der Waals surface area contributed by atoms with Crippen LogP contribution in [0.2, 0.25) is 0 Å². The fourth-order valence-electron chi connectivity index (χ4n) is 2.36. The predicted molar refractivity (Wildman–Crippen MR) is 73.6 cm³/mol. The summed E-state index contributed by atoms with van der Waals surface area (Å²) in [7, 11) is 0. The first-order valence-corrected chi connectivity index (χ1v) is 6.05. The van der Waals surface area contributed by atoms with Crippen molar-refractivity contribution < 1.29 is 32.7 Å². The summed E-state index contributed by atoms with van der Waals surface area (Å²) in [5.74, 6) is 0.513. The third-order valence-electron chi connectivity index (χ3n) is 3.36. The molecule has 1 atom stereocenters. The van der Waals surface area contributed by atoms with Crippen LogP contribution in [0.1, 0.15) is 24.0 Å². The van der Waals surface area contributed by atoms with E-state index in [4.69, 9.17) is 0 Å². The summed E-state index contributed by atoms with van der Waals surface area (Å²) in [5, 5.41) is 0. The van der Waals surface area contributed by atoms with Gasteiger partial charge in [-0.1, -0.05) is 66.9 Å². The van der Waals surface area contributed by atoms with Gasteiger partial charge in [0.25, 0.3) is 0 Å². The standard InChI is InChI=1S/C17H15.Y/c1-13-6-5-9-15-10-11-16(12-17(13)15)14-7-3-2-4-8-14;/h2-13H,1H3;/q-1;. The van der Waals surface area contributed by atoms with Crippen LogP contribution in [-0.4, -0.2) is 0 Å². The zero-order chi connectivity index (χ0) is 11.7. The third kappa shape index (κ3) is 2.60. The van der Waals surface area contributed by atoms with E-state index in [0.29, 0.717) is 5.92 Å². The first kappa shape index (κ1) is 13.6. The smallest absolute Gasteiger partial charge is 0 e. The number of rotatable bonds is 1. The zero-order valence-electron chi connectivity index (χ0n) is 10.5. The molecule has 0 nitrogen and oxygen atoms in total. The van der Waals surface area contributed by atoms with Crippen LogP contribution in [0, 0.1) is 6.42 Å². The van der Waals surface area contributed by atoms with Gasteiger partial charge in [-0.15, -0.1) is 5.56 Å². The van der Waals surface area contributed by atoms with E-state index < -0.39 is 0 Å². The summed E-state index contributed by atoms with van der Waals surface area (Å²) in [4.78, 5) is 0. The summed E-state index contributed by atoms with van der Waals surface area (Å²) in [6.45, 7) is 2.25. The molecule has 0 spiro atoms. The Morgan fingerprint density at radius 3 is 2.50 bits per heavy atom. The molecule has 0 fully saturated rings. The summed E-state index contributed by atoms with van der Waals surface area (Å²) in [5.41, 5.74) is 5.37. The molecule has 0 saturated carbocycles. The molecular formula is C17H15Y-. The van der Waals surface area contributed by atoms with Crippen LogP contribution in [-0.2, 0) is 32.7 Å². The normalized spacial score (nSPS) is 16.4. The monoisotopic (exact) mass is 308 g/mol. The molecule has 2 aromatic rings. The summed E-state index contributed by atoms with van der Waals surface area (Å²) >= 11 is 0. The minimum atomic E-state index is 0. The quantitative estimate of drug-likeness (QED) is 0.671. The van der Waals surface area contributed by atoms with Crippen molar-refractivity contribution in [3.05, 3.63) is 72.2 Å². The molecule has 0 heterocycles. The van der Waals surface area contributed by atoms with E-state index in [0.717, 1.165) is 0 Å². The minimum Gasteiger partial charge on any atom is -0.227 e. The molecule has 0 saturated heterocycles. The Morgan fingerprint density at radius 2 is 1.72 bits per heavy atom. The summed E-state index contributed by atoms with van der Waals surface area (Å²) in [6.07, 6.45) is 6.58. The number of allylic oxidation sites excluding steroid dienone is 1. The maximum Gasteiger partial charge on any atom is 0 e. The largest absolute Gasteiger partial charge is 0.227 e. The van der Waals surface area contributed by atoms with Crippen LogP contribution < -0.4 is 0 Å². The zero-order valence-corrected chi connectivity index (χ0v) is 13.3. The fourth-order valence-corrected chi connectivity index (χ4v) is 2.36. The number of benzene rings is 2. The van der Waals surface area contributed by atoms with Gasteiger partial charge in [-0.2, -0.15) is 0 Å². The molecule has 1 aliphatic carbocycles. The van der Waals surface area contributed by atoms with E-state index in [2.05, 4.69) is 74.0 Å². The number of fused-ring (bicyclic) bond motifs is 1. The van der Waals surface area contributed by atoms with Crippen molar-refractivity contribution >= 4 is 6.08 Å². The number of hydrogen-bond acceptors (Lipinski definition) is 0. The van der Waals surface area contributed by atoms with Crippen molar-refractivity contribution in [2.24, 2.45) is 0 Å². The number of hydrogen-bond donors (Lipinski definition) is 0. The van der Waals surface area contributed by atoms with E-state index in [9.17, 15) is 0 Å². The maximum atomic E-state index is 2.31. The van der Waals surface area contributed by atoms with Crippen LogP contribution in [0.4, 0.5) is 0 Å². The second-order valence-electron chi connectivity index (χ2n) is 4.55. The first-order valence-electron chi connectivity index (χ1n) is 6.05. The third-order valence-corrected chi connectivity index (χ3v) is 3.36. The van der Waals surface area contributed by atoms with Crippen LogP contribution in [0.5, 0.6) is 0 Å². The molecule has 18 heavy (non-hydrogen) atoms. The van der Waals surface area contributed by atoms with Crippen molar-refractivity contribution in [2.75, 3.05) is 0 Å². The maximum absolute atomic E-state index is 2.31. The molecule has 0 aliphatic heterocycles. The molecule has 0 aromatic heterocycles. The van der Waals surface area contributed by atoms with Gasteiger partial charge in [0.15, 0.2) is 0 Å². The van der Waals surface area contributed by atoms with Gasteiger partial charge in [-0.25, -0.2) is 18.6 Å². The van der Waals surface area contributed by atoms with E-state index in [1.54, 1.807) is 0 Å². The average molecular weight is 308 g/mol. The molecule has 1 heteroatoms. The van der Waals surface area contributed by atoms with Crippen LogP contribution in [0.15, 0.2) is 54.6 Å². The molecule has 2 aromatic carbocycles. The Hall–Kier alpha value is -0.846. The van der Waals surface area contributed by atoms with E-state index >= 15 is 0 Å². The summed E-state index contributed by atoms with van der Waals surface area (Å²) < 4.78 is 0. The molecule has 3 rings (SSSR count). The second-order valence-corrected chi connectivity index (χ2v) is 4.55. The Balaban J connectivity index is 0.00000120. The van der Waals surface area contributed by atoms with Crippen LogP contribution in [0.25, 0.3) is 17.2 Å². The molecule has 0 N–H and O–H groups in total. The predicted octanol–water partition coefficient (Wildman–Crippen LogP) is 4.69. The van der Waals surface area contributed by atoms with Gasteiger partial charge in [0, 0.05) is 32.7 Å². The molecule has 1 unspecified atom stereocenters. The van der Waals surface area contributed by atoms with Gasteiger partial charge in [-0.3, -0.25) is 0 Å². The van der Waals surface area contributed by atoms with E-state index in [-0.39, 0.29) is 32.7 Å². The van der Waals surface area contributed by atoms with E-state index in [1.165, 1.54) is 22.3 Å². The molecule has 87 valence electrons. The molecular weight excluding hydrogens is 293 g/mol. The van der Waals surface area contributed by atoms with Crippen molar-refractivity contribution in [3.8, 4) is 11.1 Å². The summed E-state index contributed by atoms with van der Waals surface area (Å²) in [6, 6.07) is 17.3. The topological polar surface area (TPSA) is 0 Å². The fraction of sp³-hybridized carbons (Fsp3) is 0.118. The van der Waals surface area contributed by atoms with E-state index in [1.807, 2.05) is 0 Å². The van der Waals surface area contributed by atoms with Gasteiger partial charge >= 0.3 is 0 Å². The van der Waals surface area contributed by atoms with Crippen molar-refractivity contribution in [1.82, 2.24) is 0 Å². The van der Waals surface area contributed by atoms with Gasteiger partial charge in [-0.05, 0) is 11.1 Å². The molecule has 0 amide bonds. The van der Waals surface area contributed by atoms with Crippen LogP contribution in [0.3, 0.4) is 0 Å². The average Bonchev–Trinajstić information content (AvgIpc) is 2.40. The van der Waals surface area contributed by atoms with Crippen molar-refractivity contribution in [3.63, 3.8) is 0 Å². The Labute approximate surface area is 134 Å². The first-order chi connectivity index (χ1) is 8.34. The Bertz CT molecular complexity index is 555. The van der Waals surface area contributed by atoms with Gasteiger partial charge < -0.3 is 0 Å². The van der Waals surface area contributed by atoms with Gasteiger partial charge in [0.1, 0.15) is 0 Å². The molecule has 1 aliphatic rings. The van der Waals surface area contributed by atoms with Gasteiger partial charge in [0.05, 0.1) is 0 Å². The molecule has 1 radical (unpaired) electrons. The van der Waals surface area contributed by atoms with Gasteiger partial charge in [0.2, 0.25) is 0 Å². The SMILES string of the molecule is CC1[CH-]C=Cc2ccc(-c3ccccc3)cc21.[Y]. The second kappa shape index (κ2) is 5.86. The Morgan fingerprint density at radius 1 is 0.944 bits per heavy atom. The molecule has 0 bridgehead atoms. The van der Waals surface area contributed by atoms with Crippen molar-refractivity contribution in [2.45, 2.75) is 12.8 Å².